The number of halogens is 2. The highest BCUT2D eigenvalue weighted by Gasteiger charge is 2.30. The van der Waals surface area contributed by atoms with Crippen molar-refractivity contribution in [3.05, 3.63) is 131 Å². The van der Waals surface area contributed by atoms with Crippen LogP contribution in [0.25, 0.3) is 10.9 Å². The number of hydrogen-bond donors (Lipinski definition) is 1. The molecular weight excluding hydrogens is 573 g/mol. The first-order valence-corrected chi connectivity index (χ1v) is 15.6. The van der Waals surface area contributed by atoms with Crippen LogP contribution >= 0.6 is 11.6 Å². The van der Waals surface area contributed by atoms with Crippen molar-refractivity contribution in [2.24, 2.45) is 0 Å². The molecule has 0 atom stereocenters. The second-order valence-corrected chi connectivity index (χ2v) is 12.7. The van der Waals surface area contributed by atoms with Crippen molar-refractivity contribution in [2.75, 3.05) is 17.4 Å². The molecule has 1 fully saturated rings. The van der Waals surface area contributed by atoms with E-state index in [0.29, 0.717) is 31.6 Å². The first kappa shape index (κ1) is 28.0. The number of benzene rings is 4. The van der Waals surface area contributed by atoms with Gasteiger partial charge in [-0.15, -0.1) is 0 Å². The summed E-state index contributed by atoms with van der Waals surface area (Å²) in [6.07, 6.45) is 3.32. The molecule has 1 aliphatic heterocycles. The minimum absolute atomic E-state index is 0.00857. The molecule has 1 amide bonds. The molecule has 2 heterocycles. The van der Waals surface area contributed by atoms with Crippen LogP contribution in [0, 0.1) is 5.82 Å². The van der Waals surface area contributed by atoms with Crippen LogP contribution in [0.15, 0.2) is 108 Å². The fraction of sp³-hybridized carbons (Fsp3) is 0.182. The number of nitrogens with one attached hydrogen (secondary N) is 1. The van der Waals surface area contributed by atoms with Crippen LogP contribution in [-0.2, 0) is 16.6 Å². The number of anilines is 1. The minimum atomic E-state index is -4.05. The summed E-state index contributed by atoms with van der Waals surface area (Å²) in [5.74, 6) is -0.422. The fourth-order valence-corrected chi connectivity index (χ4v) is 7.31. The molecule has 0 aliphatic carbocycles. The molecule has 6 rings (SSSR count). The van der Waals surface area contributed by atoms with Crippen molar-refractivity contribution >= 4 is 44.1 Å². The number of para-hydroxylation sites is 1. The Morgan fingerprint density at radius 3 is 2.33 bits per heavy atom. The molecule has 1 N–H and O–H groups in total. The van der Waals surface area contributed by atoms with Gasteiger partial charge in [0.1, 0.15) is 5.82 Å². The Hall–Kier alpha value is -4.14. The fourth-order valence-electron chi connectivity index (χ4n) is 5.63. The average molecular weight is 602 g/mol. The Morgan fingerprint density at radius 2 is 1.62 bits per heavy atom. The van der Waals surface area contributed by atoms with Crippen LogP contribution in [0.3, 0.4) is 0 Å². The zero-order valence-electron chi connectivity index (χ0n) is 22.7. The molecule has 1 aliphatic rings. The summed E-state index contributed by atoms with van der Waals surface area (Å²) in [5.41, 5.74) is 3.42. The molecule has 5 aromatic rings. The van der Waals surface area contributed by atoms with Gasteiger partial charge in [0.15, 0.2) is 0 Å². The molecule has 6 nitrogen and oxygen atoms in total. The van der Waals surface area contributed by atoms with Gasteiger partial charge in [-0.1, -0.05) is 60.1 Å². The lowest BCUT2D eigenvalue weighted by atomic mass is 9.89. The maximum Gasteiger partial charge on any atom is 0.264 e. The minimum Gasteiger partial charge on any atom is -0.361 e. The third kappa shape index (κ3) is 5.52. The van der Waals surface area contributed by atoms with Gasteiger partial charge >= 0.3 is 0 Å². The zero-order valence-corrected chi connectivity index (χ0v) is 24.3. The molecule has 42 heavy (non-hydrogen) atoms. The molecule has 0 unspecified atom stereocenters. The number of hydrogen-bond acceptors (Lipinski definition) is 3. The van der Waals surface area contributed by atoms with E-state index in [9.17, 15) is 17.6 Å². The Bertz CT molecular complexity index is 1840. The van der Waals surface area contributed by atoms with Gasteiger partial charge in [-0.05, 0) is 78.4 Å². The quantitative estimate of drug-likeness (QED) is 0.212. The Morgan fingerprint density at radius 1 is 0.929 bits per heavy atom. The Labute approximate surface area is 249 Å². The molecule has 1 saturated heterocycles. The second kappa shape index (κ2) is 11.6. The molecule has 1 aromatic heterocycles. The monoisotopic (exact) mass is 601 g/mol. The van der Waals surface area contributed by atoms with Gasteiger partial charge in [-0.3, -0.25) is 9.10 Å². The van der Waals surface area contributed by atoms with E-state index < -0.39 is 10.0 Å². The van der Waals surface area contributed by atoms with Gasteiger partial charge in [-0.25, -0.2) is 12.8 Å². The summed E-state index contributed by atoms with van der Waals surface area (Å²) in [7, 11) is -4.05. The lowest BCUT2D eigenvalue weighted by Crippen LogP contribution is -2.38. The topological polar surface area (TPSA) is 73.5 Å². The van der Waals surface area contributed by atoms with Gasteiger partial charge < -0.3 is 9.88 Å². The number of piperidine rings is 1. The van der Waals surface area contributed by atoms with E-state index in [1.54, 1.807) is 41.3 Å². The summed E-state index contributed by atoms with van der Waals surface area (Å²) in [4.78, 5) is 18.6. The van der Waals surface area contributed by atoms with Crippen molar-refractivity contribution in [1.82, 2.24) is 9.88 Å². The number of likely N-dealkylation sites (tertiary alicyclic amines) is 1. The van der Waals surface area contributed by atoms with Gasteiger partial charge in [0, 0.05) is 30.2 Å². The van der Waals surface area contributed by atoms with Crippen LogP contribution in [0.4, 0.5) is 10.1 Å². The summed E-state index contributed by atoms with van der Waals surface area (Å²) in [6, 6.07) is 27.3. The number of carbonyl (C=O) groups excluding carboxylic acids is 1. The lowest BCUT2D eigenvalue weighted by Gasteiger charge is -2.32. The number of carbonyl (C=O) groups is 1. The largest absolute Gasteiger partial charge is 0.361 e. The summed E-state index contributed by atoms with van der Waals surface area (Å²) >= 11 is 6.48. The SMILES string of the molecule is O=C(c1cc(S(=O)(=O)N(Cc2ccccc2)c2ccccc2)ccc1Cl)N1CCC(c2c[nH]c3ccc(F)cc23)CC1. The summed E-state index contributed by atoms with van der Waals surface area (Å²) in [6.45, 7) is 1.08. The maximum atomic E-state index is 14.0. The highest BCUT2D eigenvalue weighted by Crippen LogP contribution is 2.35. The van der Waals surface area contributed by atoms with Crippen molar-refractivity contribution < 1.29 is 17.6 Å². The average Bonchev–Trinajstić information content (AvgIpc) is 3.43. The van der Waals surface area contributed by atoms with Crippen LogP contribution in [0.5, 0.6) is 0 Å². The molecule has 0 bridgehead atoms. The Kier molecular flexibility index (Phi) is 7.75. The molecule has 0 spiro atoms. The van der Waals surface area contributed by atoms with E-state index >= 15 is 0 Å². The maximum absolute atomic E-state index is 14.0. The predicted octanol–water partition coefficient (Wildman–Crippen LogP) is 7.38. The molecular formula is C33H29ClFN3O3S. The van der Waals surface area contributed by atoms with Crippen molar-refractivity contribution in [3.63, 3.8) is 0 Å². The smallest absolute Gasteiger partial charge is 0.264 e. The number of sulfonamides is 1. The van der Waals surface area contributed by atoms with Crippen molar-refractivity contribution in [3.8, 4) is 0 Å². The normalized spacial score (nSPS) is 14.3. The van der Waals surface area contributed by atoms with E-state index in [2.05, 4.69) is 4.98 Å². The molecule has 4 aromatic carbocycles. The van der Waals surface area contributed by atoms with E-state index in [1.807, 2.05) is 42.6 Å². The van der Waals surface area contributed by atoms with E-state index in [-0.39, 0.29) is 39.7 Å². The van der Waals surface area contributed by atoms with Gasteiger partial charge in [0.05, 0.1) is 27.7 Å². The van der Waals surface area contributed by atoms with Crippen molar-refractivity contribution in [2.45, 2.75) is 30.2 Å². The Balaban J connectivity index is 1.24. The van der Waals surface area contributed by atoms with Gasteiger partial charge in [0.2, 0.25) is 0 Å². The molecule has 9 heteroatoms. The van der Waals surface area contributed by atoms with E-state index in [4.69, 9.17) is 11.6 Å². The molecule has 0 saturated carbocycles. The van der Waals surface area contributed by atoms with Gasteiger partial charge in [-0.2, -0.15) is 0 Å². The molecule has 214 valence electrons. The first-order chi connectivity index (χ1) is 20.3. The van der Waals surface area contributed by atoms with E-state index in [1.165, 1.54) is 28.6 Å². The zero-order chi connectivity index (χ0) is 29.3. The third-order valence-corrected chi connectivity index (χ3v) is 9.97. The molecule has 0 radical (unpaired) electrons. The number of H-pyrrole nitrogens is 1. The van der Waals surface area contributed by atoms with Crippen LogP contribution in [0.1, 0.15) is 40.2 Å². The van der Waals surface area contributed by atoms with Gasteiger partial charge in [0.25, 0.3) is 15.9 Å². The van der Waals surface area contributed by atoms with Crippen LogP contribution < -0.4 is 4.31 Å². The number of aromatic amines is 1. The van der Waals surface area contributed by atoms with Crippen molar-refractivity contribution in [1.29, 1.82) is 0 Å². The number of rotatable bonds is 7. The highest BCUT2D eigenvalue weighted by molar-refractivity contribution is 7.92. The third-order valence-electron chi connectivity index (χ3n) is 7.87. The number of nitrogens with zero attached hydrogens (tertiary/aromatic N) is 2. The second-order valence-electron chi connectivity index (χ2n) is 10.5. The number of fused-ring (bicyclic) bond motifs is 1. The summed E-state index contributed by atoms with van der Waals surface area (Å²) < 4.78 is 43.3. The lowest BCUT2D eigenvalue weighted by molar-refractivity contribution is 0.0713. The van der Waals surface area contributed by atoms with Crippen LogP contribution in [-0.4, -0.2) is 37.3 Å². The first-order valence-electron chi connectivity index (χ1n) is 13.8. The number of aromatic nitrogens is 1. The predicted molar refractivity (Wildman–Crippen MR) is 164 cm³/mol. The van der Waals surface area contributed by atoms with E-state index in [0.717, 1.165) is 22.0 Å². The highest BCUT2D eigenvalue weighted by atomic mass is 35.5. The number of amides is 1. The summed E-state index contributed by atoms with van der Waals surface area (Å²) in [5, 5.41) is 1.06. The van der Waals surface area contributed by atoms with Crippen LogP contribution in [0.2, 0.25) is 5.02 Å². The standard InChI is InChI=1S/C33H29ClFN3O3S/c34-31-13-12-27(42(40,41)38(26-9-5-2-6-10-26)22-23-7-3-1-4-8-23)20-29(31)33(39)37-17-15-24(16-18-37)30-21-36-32-14-11-25(35)19-28(30)32/h1-14,19-21,24,36H,15-18,22H2.